The lowest BCUT2D eigenvalue weighted by molar-refractivity contribution is -0.137. The number of para-hydroxylation sites is 1. The number of sulfonamides is 1. The van der Waals surface area contributed by atoms with E-state index in [0.29, 0.717) is 29.1 Å². The molecule has 4 aromatic rings. The lowest BCUT2D eigenvalue weighted by Crippen LogP contribution is -2.16. The SMILES string of the molecule is O=S(=O)(Nc1nc(Oc2ccccc2)cc(-c2ccccc2)n1)c1ccc(C(F)(F)F)cc1. The zero-order chi connectivity index (χ0) is 23.5. The molecule has 168 valence electrons. The van der Waals surface area contributed by atoms with Crippen LogP contribution in [0.15, 0.2) is 95.9 Å². The Bertz CT molecular complexity index is 1350. The highest BCUT2D eigenvalue weighted by Crippen LogP contribution is 2.30. The molecule has 0 unspecified atom stereocenters. The third-order valence-electron chi connectivity index (χ3n) is 4.46. The highest BCUT2D eigenvalue weighted by atomic mass is 32.2. The molecule has 0 fully saturated rings. The molecule has 0 aliphatic rings. The van der Waals surface area contributed by atoms with Gasteiger partial charge in [0.2, 0.25) is 11.8 Å². The van der Waals surface area contributed by atoms with E-state index in [1.54, 1.807) is 54.6 Å². The Morgan fingerprint density at radius 3 is 2.00 bits per heavy atom. The lowest BCUT2D eigenvalue weighted by atomic mass is 10.1. The van der Waals surface area contributed by atoms with Crippen molar-refractivity contribution in [1.29, 1.82) is 0 Å². The number of nitrogens with zero attached hydrogens (tertiary/aromatic N) is 2. The minimum absolute atomic E-state index is 0.0835. The highest BCUT2D eigenvalue weighted by Gasteiger charge is 2.30. The third kappa shape index (κ3) is 5.47. The summed E-state index contributed by atoms with van der Waals surface area (Å²) in [6.07, 6.45) is -4.58. The Hall–Kier alpha value is -3.92. The van der Waals surface area contributed by atoms with Gasteiger partial charge in [-0.1, -0.05) is 48.5 Å². The molecule has 0 aliphatic heterocycles. The molecule has 0 radical (unpaired) electrons. The molecule has 0 atom stereocenters. The summed E-state index contributed by atoms with van der Waals surface area (Å²) in [5.41, 5.74) is 0.122. The molecule has 4 rings (SSSR count). The van der Waals surface area contributed by atoms with Gasteiger partial charge in [0.25, 0.3) is 10.0 Å². The van der Waals surface area contributed by atoms with Gasteiger partial charge in [-0.05, 0) is 36.4 Å². The fourth-order valence-corrected chi connectivity index (χ4v) is 3.84. The quantitative estimate of drug-likeness (QED) is 0.387. The van der Waals surface area contributed by atoms with Crippen LogP contribution >= 0.6 is 0 Å². The summed E-state index contributed by atoms with van der Waals surface area (Å²) in [7, 11) is -4.26. The van der Waals surface area contributed by atoms with Crippen LogP contribution in [0, 0.1) is 0 Å². The van der Waals surface area contributed by atoms with E-state index in [4.69, 9.17) is 4.74 Å². The molecule has 33 heavy (non-hydrogen) atoms. The summed E-state index contributed by atoms with van der Waals surface area (Å²) in [4.78, 5) is 8.00. The van der Waals surface area contributed by atoms with Crippen LogP contribution in [-0.4, -0.2) is 18.4 Å². The number of benzene rings is 3. The number of hydrogen-bond acceptors (Lipinski definition) is 5. The van der Waals surface area contributed by atoms with Crippen LogP contribution in [0.25, 0.3) is 11.3 Å². The van der Waals surface area contributed by atoms with Crippen molar-refractivity contribution in [1.82, 2.24) is 9.97 Å². The van der Waals surface area contributed by atoms with Crippen molar-refractivity contribution < 1.29 is 26.3 Å². The van der Waals surface area contributed by atoms with Crippen molar-refractivity contribution in [3.05, 3.63) is 96.6 Å². The lowest BCUT2D eigenvalue weighted by Gasteiger charge is -2.12. The van der Waals surface area contributed by atoms with Gasteiger partial charge in [-0.2, -0.15) is 18.2 Å². The molecule has 0 aliphatic carbocycles. The standard InChI is InChI=1S/C23H16F3N3O3S/c24-23(25,26)17-11-13-19(14-12-17)33(30,31)29-22-27-20(16-7-3-1-4-8-16)15-21(28-22)32-18-9-5-2-6-10-18/h1-15H,(H,27,28,29). The predicted octanol–water partition coefficient (Wildman–Crippen LogP) is 5.76. The zero-order valence-corrected chi connectivity index (χ0v) is 17.6. The second-order valence-corrected chi connectivity index (χ2v) is 8.51. The molecule has 0 saturated carbocycles. The average Bonchev–Trinajstić information content (AvgIpc) is 2.79. The van der Waals surface area contributed by atoms with Crippen molar-refractivity contribution in [3.8, 4) is 22.9 Å². The Kier molecular flexibility index (Phi) is 6.01. The Morgan fingerprint density at radius 1 is 0.788 bits per heavy atom. The molecule has 1 N–H and O–H groups in total. The number of hydrogen-bond donors (Lipinski definition) is 1. The number of ether oxygens (including phenoxy) is 1. The monoisotopic (exact) mass is 471 g/mol. The van der Waals surface area contributed by atoms with Crippen molar-refractivity contribution in [3.63, 3.8) is 0 Å². The van der Waals surface area contributed by atoms with Crippen molar-refractivity contribution >= 4 is 16.0 Å². The Morgan fingerprint density at radius 2 is 1.39 bits per heavy atom. The Balaban J connectivity index is 1.69. The van der Waals surface area contributed by atoms with Gasteiger partial charge in [-0.25, -0.2) is 18.1 Å². The number of aromatic nitrogens is 2. The van der Waals surface area contributed by atoms with Gasteiger partial charge < -0.3 is 4.74 Å². The Labute approximate surface area is 187 Å². The maximum Gasteiger partial charge on any atom is 0.416 e. The third-order valence-corrected chi connectivity index (χ3v) is 5.80. The largest absolute Gasteiger partial charge is 0.439 e. The van der Waals surface area contributed by atoms with Crippen LogP contribution in [0.5, 0.6) is 11.6 Å². The van der Waals surface area contributed by atoms with E-state index in [1.807, 2.05) is 12.1 Å². The van der Waals surface area contributed by atoms with E-state index in [0.717, 1.165) is 12.1 Å². The van der Waals surface area contributed by atoms with Crippen molar-refractivity contribution in [2.75, 3.05) is 4.72 Å². The van der Waals surface area contributed by atoms with Crippen LogP contribution in [0.3, 0.4) is 0 Å². The van der Waals surface area contributed by atoms with Crippen LogP contribution in [0.2, 0.25) is 0 Å². The smallest absolute Gasteiger partial charge is 0.416 e. The van der Waals surface area contributed by atoms with Crippen LogP contribution in [-0.2, 0) is 16.2 Å². The molecule has 10 heteroatoms. The molecule has 0 amide bonds. The topological polar surface area (TPSA) is 81.2 Å². The highest BCUT2D eigenvalue weighted by molar-refractivity contribution is 7.92. The first kappa shape index (κ1) is 22.3. The van der Waals surface area contributed by atoms with Crippen LogP contribution < -0.4 is 9.46 Å². The van der Waals surface area contributed by atoms with Gasteiger partial charge >= 0.3 is 6.18 Å². The minimum Gasteiger partial charge on any atom is -0.439 e. The maximum absolute atomic E-state index is 12.8. The minimum atomic E-state index is -4.58. The second kappa shape index (κ2) is 8.91. The first-order valence-corrected chi connectivity index (χ1v) is 11.1. The molecule has 0 spiro atoms. The van der Waals surface area contributed by atoms with Gasteiger partial charge in [-0.3, -0.25) is 0 Å². The molecule has 6 nitrogen and oxygen atoms in total. The van der Waals surface area contributed by atoms with Crippen molar-refractivity contribution in [2.45, 2.75) is 11.1 Å². The fourth-order valence-electron chi connectivity index (χ4n) is 2.89. The number of rotatable bonds is 6. The molecular weight excluding hydrogens is 455 g/mol. The summed E-state index contributed by atoms with van der Waals surface area (Å²) in [6, 6.07) is 22.4. The predicted molar refractivity (Wildman–Crippen MR) is 116 cm³/mol. The summed E-state index contributed by atoms with van der Waals surface area (Å²) >= 11 is 0. The zero-order valence-electron chi connectivity index (χ0n) is 16.8. The van der Waals surface area contributed by atoms with Crippen molar-refractivity contribution in [2.24, 2.45) is 0 Å². The number of anilines is 1. The van der Waals surface area contributed by atoms with E-state index in [2.05, 4.69) is 14.7 Å². The van der Waals surface area contributed by atoms with E-state index in [-0.39, 0.29) is 16.7 Å². The maximum atomic E-state index is 12.8. The van der Waals surface area contributed by atoms with E-state index in [9.17, 15) is 21.6 Å². The van der Waals surface area contributed by atoms with Gasteiger partial charge in [0.15, 0.2) is 0 Å². The molecule has 1 heterocycles. The second-order valence-electron chi connectivity index (χ2n) is 6.82. The summed E-state index contributed by atoms with van der Waals surface area (Å²) < 4.78 is 71.9. The number of nitrogens with one attached hydrogen (secondary N) is 1. The van der Waals surface area contributed by atoms with E-state index >= 15 is 0 Å². The van der Waals surface area contributed by atoms with Crippen LogP contribution in [0.4, 0.5) is 19.1 Å². The van der Waals surface area contributed by atoms with Crippen LogP contribution in [0.1, 0.15) is 5.56 Å². The van der Waals surface area contributed by atoms with E-state index in [1.165, 1.54) is 0 Å². The normalized spacial score (nSPS) is 11.7. The van der Waals surface area contributed by atoms with E-state index < -0.39 is 21.8 Å². The van der Waals surface area contributed by atoms with Gasteiger partial charge in [0.1, 0.15) is 5.75 Å². The number of alkyl halides is 3. The fraction of sp³-hybridized carbons (Fsp3) is 0.0435. The van der Waals surface area contributed by atoms with Gasteiger partial charge in [0, 0.05) is 11.6 Å². The summed E-state index contributed by atoms with van der Waals surface area (Å²) in [5, 5.41) is 0. The molecule has 3 aromatic carbocycles. The molecular formula is C23H16F3N3O3S. The van der Waals surface area contributed by atoms with Gasteiger partial charge in [-0.15, -0.1) is 0 Å². The first-order valence-electron chi connectivity index (χ1n) is 9.58. The summed E-state index contributed by atoms with van der Waals surface area (Å²) in [6.45, 7) is 0. The van der Waals surface area contributed by atoms with Gasteiger partial charge in [0.05, 0.1) is 16.2 Å². The summed E-state index contributed by atoms with van der Waals surface area (Å²) in [5.74, 6) is 0.272. The average molecular weight is 471 g/mol. The molecule has 0 bridgehead atoms. The number of halogens is 3. The molecule has 0 saturated heterocycles. The first-order chi connectivity index (χ1) is 15.7. The molecule has 1 aromatic heterocycles.